The Labute approximate surface area is 169 Å². The van der Waals surface area contributed by atoms with E-state index in [9.17, 15) is 4.39 Å². The molecule has 4 aromatic rings. The lowest BCUT2D eigenvalue weighted by Gasteiger charge is -2.20. The fourth-order valence-corrected chi connectivity index (χ4v) is 4.48. The van der Waals surface area contributed by atoms with Crippen LogP contribution in [0.1, 0.15) is 17.2 Å². The van der Waals surface area contributed by atoms with Crippen molar-refractivity contribution in [3.8, 4) is 0 Å². The molecule has 0 radical (unpaired) electrons. The lowest BCUT2D eigenvalue weighted by Crippen LogP contribution is -2.12. The van der Waals surface area contributed by atoms with Crippen molar-refractivity contribution >= 4 is 44.6 Å². The number of ether oxygens (including phenoxy) is 1. The summed E-state index contributed by atoms with van der Waals surface area (Å²) in [6, 6.07) is 10.4. The van der Waals surface area contributed by atoms with Crippen molar-refractivity contribution in [3.63, 3.8) is 0 Å². The lowest BCUT2D eigenvalue weighted by atomic mass is 10.1. The van der Waals surface area contributed by atoms with Crippen LogP contribution >= 0.6 is 34.5 Å². The Balaban J connectivity index is 1.62. The molecule has 0 spiro atoms. The van der Waals surface area contributed by atoms with E-state index in [0.29, 0.717) is 22.0 Å². The Morgan fingerprint density at radius 2 is 2.11 bits per heavy atom. The molecule has 0 aliphatic heterocycles. The van der Waals surface area contributed by atoms with E-state index < -0.39 is 0 Å². The molecule has 7 heteroatoms. The quantitative estimate of drug-likeness (QED) is 0.355. The van der Waals surface area contributed by atoms with Gasteiger partial charge in [-0.3, -0.25) is 0 Å². The fraction of sp³-hybridized carbons (Fsp3) is 0.150. The monoisotopic (exact) mass is 420 g/mol. The number of thiophene rings is 1. The van der Waals surface area contributed by atoms with Gasteiger partial charge in [0.1, 0.15) is 11.9 Å². The van der Waals surface area contributed by atoms with Crippen LogP contribution in [0.2, 0.25) is 10.0 Å². The molecular weight excluding hydrogens is 406 g/mol. The fourth-order valence-electron chi connectivity index (χ4n) is 2.99. The summed E-state index contributed by atoms with van der Waals surface area (Å²) in [5.41, 5.74) is 1.66. The first-order valence-electron chi connectivity index (χ1n) is 8.28. The van der Waals surface area contributed by atoms with Gasteiger partial charge in [-0.15, -0.1) is 11.3 Å². The first-order chi connectivity index (χ1) is 13.1. The minimum atomic E-state index is -0.328. The highest BCUT2D eigenvalue weighted by Gasteiger charge is 2.18. The van der Waals surface area contributed by atoms with E-state index in [0.717, 1.165) is 15.8 Å². The number of hydrogen-bond acceptors (Lipinski definition) is 3. The van der Waals surface area contributed by atoms with Crippen LogP contribution in [-0.2, 0) is 17.9 Å². The van der Waals surface area contributed by atoms with Crippen LogP contribution in [0.15, 0.2) is 60.5 Å². The van der Waals surface area contributed by atoms with E-state index >= 15 is 0 Å². The van der Waals surface area contributed by atoms with Crippen molar-refractivity contribution in [1.29, 1.82) is 0 Å². The summed E-state index contributed by atoms with van der Waals surface area (Å²) in [6.45, 7) is 0.811. The number of hydrogen-bond donors (Lipinski definition) is 0. The van der Waals surface area contributed by atoms with Crippen LogP contribution in [0.3, 0.4) is 0 Å². The second-order valence-electron chi connectivity index (χ2n) is 6.10. The first-order valence-corrected chi connectivity index (χ1v) is 9.92. The Hall–Kier alpha value is -1.92. The summed E-state index contributed by atoms with van der Waals surface area (Å²) in [5.74, 6) is -0.233. The van der Waals surface area contributed by atoms with Gasteiger partial charge in [0.15, 0.2) is 0 Å². The Bertz CT molecular complexity index is 1070. The van der Waals surface area contributed by atoms with Crippen molar-refractivity contribution in [2.75, 3.05) is 0 Å². The van der Waals surface area contributed by atoms with Gasteiger partial charge in [0.05, 0.1) is 19.5 Å². The number of imidazole rings is 1. The average Bonchev–Trinajstić information content (AvgIpc) is 3.29. The van der Waals surface area contributed by atoms with E-state index in [1.165, 1.54) is 17.4 Å². The van der Waals surface area contributed by atoms with Gasteiger partial charge < -0.3 is 9.30 Å². The van der Waals surface area contributed by atoms with Gasteiger partial charge in [-0.25, -0.2) is 9.37 Å². The molecule has 0 bridgehead atoms. The van der Waals surface area contributed by atoms with Crippen LogP contribution in [0.4, 0.5) is 4.39 Å². The third kappa shape index (κ3) is 4.01. The molecule has 3 nitrogen and oxygen atoms in total. The maximum Gasteiger partial charge on any atom is 0.132 e. The average molecular weight is 421 g/mol. The first kappa shape index (κ1) is 18.4. The third-order valence-electron chi connectivity index (χ3n) is 4.31. The van der Waals surface area contributed by atoms with Gasteiger partial charge in [0.25, 0.3) is 0 Å². The van der Waals surface area contributed by atoms with Crippen molar-refractivity contribution in [3.05, 3.63) is 87.5 Å². The molecule has 138 valence electrons. The molecule has 1 unspecified atom stereocenters. The van der Waals surface area contributed by atoms with Gasteiger partial charge in [0.2, 0.25) is 0 Å². The zero-order chi connectivity index (χ0) is 18.8. The van der Waals surface area contributed by atoms with Gasteiger partial charge in [0, 0.05) is 38.1 Å². The summed E-state index contributed by atoms with van der Waals surface area (Å²) >= 11 is 13.9. The van der Waals surface area contributed by atoms with E-state index in [1.807, 2.05) is 28.3 Å². The largest absolute Gasteiger partial charge is 0.367 e. The molecule has 27 heavy (non-hydrogen) atoms. The van der Waals surface area contributed by atoms with E-state index in [2.05, 4.69) is 4.98 Å². The second kappa shape index (κ2) is 7.98. The Kier molecular flexibility index (Phi) is 5.45. The molecule has 2 heterocycles. The number of halogens is 3. The van der Waals surface area contributed by atoms with Crippen LogP contribution in [-0.4, -0.2) is 9.55 Å². The predicted octanol–water partition coefficient (Wildman–Crippen LogP) is 6.50. The van der Waals surface area contributed by atoms with Crippen molar-refractivity contribution in [2.24, 2.45) is 0 Å². The minimum Gasteiger partial charge on any atom is -0.367 e. The Morgan fingerprint density at radius 1 is 1.22 bits per heavy atom. The smallest absolute Gasteiger partial charge is 0.132 e. The summed E-state index contributed by atoms with van der Waals surface area (Å²) in [6.07, 6.45) is 4.97. The van der Waals surface area contributed by atoms with E-state index in [4.69, 9.17) is 27.9 Å². The Morgan fingerprint density at radius 3 is 2.89 bits per heavy atom. The van der Waals surface area contributed by atoms with Crippen molar-refractivity contribution < 1.29 is 9.13 Å². The number of aromatic nitrogens is 2. The molecule has 0 fully saturated rings. The highest BCUT2D eigenvalue weighted by atomic mass is 35.5. The zero-order valence-corrected chi connectivity index (χ0v) is 16.4. The summed E-state index contributed by atoms with van der Waals surface area (Å²) < 4.78 is 23.3. The molecule has 0 N–H and O–H groups in total. The zero-order valence-electron chi connectivity index (χ0n) is 14.1. The van der Waals surface area contributed by atoms with Crippen molar-refractivity contribution in [2.45, 2.75) is 19.3 Å². The minimum absolute atomic E-state index is 0.233. The summed E-state index contributed by atoms with van der Waals surface area (Å²) in [7, 11) is 0. The van der Waals surface area contributed by atoms with Crippen LogP contribution in [0, 0.1) is 5.82 Å². The number of benzene rings is 2. The van der Waals surface area contributed by atoms with Crippen LogP contribution < -0.4 is 0 Å². The maximum absolute atomic E-state index is 14.2. The number of fused-ring (bicyclic) bond motifs is 1. The molecule has 0 aliphatic carbocycles. The van der Waals surface area contributed by atoms with Gasteiger partial charge >= 0.3 is 0 Å². The normalized spacial score (nSPS) is 12.6. The summed E-state index contributed by atoms with van der Waals surface area (Å²) in [5, 5.41) is 3.65. The molecule has 0 saturated carbocycles. The lowest BCUT2D eigenvalue weighted by molar-refractivity contribution is 0.0287. The SMILES string of the molecule is Fc1cccc2scc(COC(Cn3ccnc3)c3ccc(Cl)cc3Cl)c12. The summed E-state index contributed by atoms with van der Waals surface area (Å²) in [4.78, 5) is 4.07. The van der Waals surface area contributed by atoms with Gasteiger partial charge in [-0.05, 0) is 35.2 Å². The highest BCUT2D eigenvalue weighted by Crippen LogP contribution is 2.33. The molecule has 2 aromatic carbocycles. The van der Waals surface area contributed by atoms with Gasteiger partial charge in [-0.1, -0.05) is 35.3 Å². The molecular formula is C20H15Cl2FN2OS. The maximum atomic E-state index is 14.2. The molecule has 2 aromatic heterocycles. The third-order valence-corrected chi connectivity index (χ3v) is 5.87. The van der Waals surface area contributed by atoms with E-state index in [1.54, 1.807) is 30.7 Å². The standard InChI is InChI=1S/C20H15Cl2FN2OS/c21-14-4-5-15(16(22)8-14)18(9-25-7-6-24-12-25)26-10-13-11-27-19-3-1-2-17(23)20(13)19/h1-8,11-12,18H,9-10H2. The molecule has 0 aliphatic rings. The molecule has 0 amide bonds. The number of rotatable bonds is 6. The van der Waals surface area contributed by atoms with E-state index in [-0.39, 0.29) is 18.5 Å². The van der Waals surface area contributed by atoms with Crippen molar-refractivity contribution in [1.82, 2.24) is 9.55 Å². The molecule has 0 saturated heterocycles. The second-order valence-corrected chi connectivity index (χ2v) is 7.85. The van der Waals surface area contributed by atoms with Crippen LogP contribution in [0.25, 0.3) is 10.1 Å². The molecule has 1 atom stereocenters. The number of nitrogens with zero attached hydrogens (tertiary/aromatic N) is 2. The van der Waals surface area contributed by atoms with Gasteiger partial charge in [-0.2, -0.15) is 0 Å². The van der Waals surface area contributed by atoms with Crippen LogP contribution in [0.5, 0.6) is 0 Å². The topological polar surface area (TPSA) is 27.1 Å². The molecule has 4 rings (SSSR count). The highest BCUT2D eigenvalue weighted by molar-refractivity contribution is 7.17. The predicted molar refractivity (Wildman–Crippen MR) is 108 cm³/mol.